The first-order valence-electron chi connectivity index (χ1n) is 5.57. The number of anilines is 2. The fraction of sp³-hybridized carbons (Fsp3) is 0.636. The quantitative estimate of drug-likeness (QED) is 0.823. The highest BCUT2D eigenvalue weighted by molar-refractivity contribution is 8.00. The first kappa shape index (κ1) is 11.5. The van der Waals surface area contributed by atoms with Gasteiger partial charge in [0.05, 0.1) is 0 Å². The van der Waals surface area contributed by atoms with Gasteiger partial charge in [0.1, 0.15) is 18.0 Å². The minimum absolute atomic E-state index is 0.435. The largest absolute Gasteiger partial charge is 0.373 e. The molecule has 0 bridgehead atoms. The van der Waals surface area contributed by atoms with E-state index < -0.39 is 0 Å². The number of thioether (sulfide) groups is 1. The van der Waals surface area contributed by atoms with Crippen LogP contribution in [-0.2, 0) is 0 Å². The molecule has 1 fully saturated rings. The molecule has 4 nitrogen and oxygen atoms in total. The van der Waals surface area contributed by atoms with Gasteiger partial charge in [0.15, 0.2) is 0 Å². The molecular weight excluding hydrogens is 220 g/mol. The Morgan fingerprint density at radius 1 is 1.38 bits per heavy atom. The van der Waals surface area contributed by atoms with Gasteiger partial charge in [-0.15, -0.1) is 0 Å². The van der Waals surface area contributed by atoms with E-state index in [4.69, 9.17) is 0 Å². The molecule has 1 saturated carbocycles. The minimum Gasteiger partial charge on any atom is -0.373 e. The lowest BCUT2D eigenvalue weighted by molar-refractivity contribution is 0.379. The number of hydrogen-bond donors (Lipinski definition) is 2. The van der Waals surface area contributed by atoms with E-state index in [1.54, 1.807) is 6.33 Å². The van der Waals surface area contributed by atoms with Crippen molar-refractivity contribution in [3.05, 3.63) is 12.4 Å². The first-order chi connectivity index (χ1) is 7.78. The molecule has 5 heteroatoms. The Hall–Kier alpha value is -0.970. The molecule has 0 aromatic carbocycles. The molecule has 16 heavy (non-hydrogen) atoms. The third-order valence-electron chi connectivity index (χ3n) is 3.21. The van der Waals surface area contributed by atoms with Crippen LogP contribution in [0.3, 0.4) is 0 Å². The van der Waals surface area contributed by atoms with Gasteiger partial charge in [-0.25, -0.2) is 9.97 Å². The summed E-state index contributed by atoms with van der Waals surface area (Å²) in [5, 5.41) is 6.41. The second-order valence-electron chi connectivity index (χ2n) is 4.13. The fourth-order valence-corrected chi connectivity index (χ4v) is 2.78. The van der Waals surface area contributed by atoms with Crippen LogP contribution in [0, 0.1) is 0 Å². The maximum absolute atomic E-state index is 4.21. The fourth-order valence-electron chi connectivity index (χ4n) is 1.87. The Morgan fingerprint density at radius 3 is 2.69 bits per heavy atom. The number of nitrogens with zero attached hydrogens (tertiary/aromatic N) is 2. The van der Waals surface area contributed by atoms with E-state index in [0.717, 1.165) is 18.2 Å². The monoisotopic (exact) mass is 238 g/mol. The molecule has 0 aliphatic heterocycles. The van der Waals surface area contributed by atoms with Crippen molar-refractivity contribution in [3.63, 3.8) is 0 Å². The molecule has 0 spiro atoms. The van der Waals surface area contributed by atoms with E-state index in [9.17, 15) is 0 Å². The van der Waals surface area contributed by atoms with Gasteiger partial charge in [0, 0.05) is 24.4 Å². The zero-order valence-corrected chi connectivity index (χ0v) is 10.6. The summed E-state index contributed by atoms with van der Waals surface area (Å²) in [6.45, 7) is 0.994. The second-order valence-corrected chi connectivity index (χ2v) is 5.41. The van der Waals surface area contributed by atoms with Gasteiger partial charge in [-0.2, -0.15) is 11.8 Å². The van der Waals surface area contributed by atoms with Crippen LogP contribution < -0.4 is 10.6 Å². The van der Waals surface area contributed by atoms with Crippen LogP contribution in [0.5, 0.6) is 0 Å². The van der Waals surface area contributed by atoms with Crippen molar-refractivity contribution in [3.8, 4) is 0 Å². The molecule has 1 aromatic heterocycles. The van der Waals surface area contributed by atoms with Crippen molar-refractivity contribution in [2.45, 2.75) is 24.0 Å². The molecule has 2 rings (SSSR count). The second kappa shape index (κ2) is 4.91. The molecule has 88 valence electrons. The Kier molecular flexibility index (Phi) is 3.53. The normalized spacial score (nSPS) is 17.6. The molecular formula is C11H18N4S. The number of hydrogen-bond acceptors (Lipinski definition) is 5. The first-order valence-corrected chi connectivity index (χ1v) is 6.79. The number of nitrogens with one attached hydrogen (secondary N) is 2. The van der Waals surface area contributed by atoms with Crippen molar-refractivity contribution in [1.82, 2.24) is 9.97 Å². The Morgan fingerprint density at radius 2 is 2.12 bits per heavy atom. The predicted molar refractivity (Wildman–Crippen MR) is 70.2 cm³/mol. The molecule has 0 saturated heterocycles. The molecule has 1 aromatic rings. The third kappa shape index (κ3) is 2.40. The zero-order chi connectivity index (χ0) is 11.4. The third-order valence-corrected chi connectivity index (χ3v) is 4.63. The molecule has 1 aliphatic rings. The van der Waals surface area contributed by atoms with Gasteiger partial charge >= 0.3 is 0 Å². The molecule has 2 N–H and O–H groups in total. The average Bonchev–Trinajstić information content (AvgIpc) is 2.29. The van der Waals surface area contributed by atoms with E-state index in [0.29, 0.717) is 4.75 Å². The van der Waals surface area contributed by atoms with Crippen LogP contribution in [0.15, 0.2) is 12.4 Å². The van der Waals surface area contributed by atoms with Gasteiger partial charge in [-0.05, 0) is 19.1 Å². The molecule has 1 aliphatic carbocycles. The Balaban J connectivity index is 1.93. The average molecular weight is 238 g/mol. The molecule has 0 amide bonds. The lowest BCUT2D eigenvalue weighted by Crippen LogP contribution is -2.40. The lowest BCUT2D eigenvalue weighted by atomic mass is 9.84. The van der Waals surface area contributed by atoms with Gasteiger partial charge < -0.3 is 10.6 Å². The molecule has 0 atom stereocenters. The van der Waals surface area contributed by atoms with Crippen LogP contribution in [0.4, 0.5) is 11.6 Å². The highest BCUT2D eigenvalue weighted by Crippen LogP contribution is 2.42. The van der Waals surface area contributed by atoms with Crippen molar-refractivity contribution < 1.29 is 0 Å². The molecule has 0 unspecified atom stereocenters. The molecule has 0 radical (unpaired) electrons. The van der Waals surface area contributed by atoms with E-state index in [1.807, 2.05) is 24.9 Å². The zero-order valence-electron chi connectivity index (χ0n) is 9.79. The van der Waals surface area contributed by atoms with Crippen molar-refractivity contribution >= 4 is 23.4 Å². The molecule has 1 heterocycles. The van der Waals surface area contributed by atoms with Crippen LogP contribution in [-0.4, -0.2) is 34.6 Å². The summed E-state index contributed by atoms with van der Waals surface area (Å²) in [5.41, 5.74) is 0. The smallest absolute Gasteiger partial charge is 0.131 e. The van der Waals surface area contributed by atoms with Gasteiger partial charge in [0.25, 0.3) is 0 Å². The number of rotatable bonds is 5. The van der Waals surface area contributed by atoms with Crippen molar-refractivity contribution in [1.29, 1.82) is 0 Å². The summed E-state index contributed by atoms with van der Waals surface area (Å²) in [5.74, 6) is 1.75. The standard InChI is InChI=1S/C11H18N4S/c1-12-9-6-10(15-8-14-9)13-7-11(16-2)4-3-5-11/h6,8H,3-5,7H2,1-2H3,(H2,12,13,14,15). The summed E-state index contributed by atoms with van der Waals surface area (Å²) >= 11 is 1.97. The summed E-state index contributed by atoms with van der Waals surface area (Å²) in [6, 6.07) is 1.94. The highest BCUT2D eigenvalue weighted by Gasteiger charge is 2.35. The lowest BCUT2D eigenvalue weighted by Gasteiger charge is -2.40. The highest BCUT2D eigenvalue weighted by atomic mass is 32.2. The Labute approximate surface area is 101 Å². The van der Waals surface area contributed by atoms with Crippen LogP contribution in [0.1, 0.15) is 19.3 Å². The summed E-state index contributed by atoms with van der Waals surface area (Å²) in [6.07, 6.45) is 7.75. The predicted octanol–water partition coefficient (Wildman–Crippen LogP) is 2.22. The van der Waals surface area contributed by atoms with E-state index >= 15 is 0 Å². The summed E-state index contributed by atoms with van der Waals surface area (Å²) in [7, 11) is 1.86. The van der Waals surface area contributed by atoms with Crippen LogP contribution in [0.2, 0.25) is 0 Å². The summed E-state index contributed by atoms with van der Waals surface area (Å²) in [4.78, 5) is 8.30. The number of aromatic nitrogens is 2. The SMILES string of the molecule is CNc1cc(NCC2(SC)CCC2)ncn1. The minimum atomic E-state index is 0.435. The maximum atomic E-state index is 4.21. The maximum Gasteiger partial charge on any atom is 0.131 e. The van der Waals surface area contributed by atoms with Gasteiger partial charge in [-0.3, -0.25) is 0 Å². The summed E-state index contributed by atoms with van der Waals surface area (Å²) < 4.78 is 0.435. The van der Waals surface area contributed by atoms with E-state index in [1.165, 1.54) is 19.3 Å². The van der Waals surface area contributed by atoms with E-state index in [-0.39, 0.29) is 0 Å². The van der Waals surface area contributed by atoms with Gasteiger partial charge in [-0.1, -0.05) is 6.42 Å². The van der Waals surface area contributed by atoms with Crippen LogP contribution >= 0.6 is 11.8 Å². The van der Waals surface area contributed by atoms with Crippen molar-refractivity contribution in [2.24, 2.45) is 0 Å². The van der Waals surface area contributed by atoms with Gasteiger partial charge in [0.2, 0.25) is 0 Å². The van der Waals surface area contributed by atoms with Crippen molar-refractivity contribution in [2.75, 3.05) is 30.5 Å². The topological polar surface area (TPSA) is 49.8 Å². The van der Waals surface area contributed by atoms with E-state index in [2.05, 4.69) is 26.9 Å². The Bertz CT molecular complexity index is 346. The van der Waals surface area contributed by atoms with Crippen LogP contribution in [0.25, 0.3) is 0 Å².